The third-order valence-electron chi connectivity index (χ3n) is 7.47. The van der Waals surface area contributed by atoms with E-state index in [4.69, 9.17) is 9.47 Å². The highest BCUT2D eigenvalue weighted by Crippen LogP contribution is 2.78. The van der Waals surface area contributed by atoms with Crippen LogP contribution in [-0.4, -0.2) is 22.7 Å². The zero-order valence-corrected chi connectivity index (χ0v) is 16.3. The molecule has 7 rings (SSSR count). The van der Waals surface area contributed by atoms with E-state index in [0.29, 0.717) is 45.2 Å². The van der Waals surface area contributed by atoms with Crippen molar-refractivity contribution < 1.29 is 14.3 Å². The molecule has 0 radical (unpaired) electrons. The van der Waals surface area contributed by atoms with Gasteiger partial charge < -0.3 is 9.47 Å². The Bertz CT molecular complexity index is 699. The van der Waals surface area contributed by atoms with Gasteiger partial charge in [0.1, 0.15) is 0 Å². The maximum atomic E-state index is 12.3. The molecule has 2 aliphatic heterocycles. The molecule has 3 nitrogen and oxygen atoms in total. The second-order valence-corrected chi connectivity index (χ2v) is 10.1. The molecule has 0 amide bonds. The van der Waals surface area contributed by atoms with Gasteiger partial charge in [0.05, 0.1) is 25.2 Å². The Morgan fingerprint density at radius 2 is 1.42 bits per heavy atom. The molecule has 1 saturated heterocycles. The number of carbonyl (C=O) groups excluding carboxylic acids is 1. The highest BCUT2D eigenvalue weighted by Gasteiger charge is 2.78. The molecular weight excluding hydrogens is 436 g/mol. The number of fused-ring (bicyclic) bond motifs is 6. The molecule has 4 aliphatic carbocycles. The minimum atomic E-state index is -0.00736. The molecule has 1 aromatic carbocycles. The van der Waals surface area contributed by atoms with Gasteiger partial charge in [-0.25, -0.2) is 0 Å². The van der Waals surface area contributed by atoms with E-state index in [0.717, 1.165) is 0 Å². The second-order valence-electron chi connectivity index (χ2n) is 8.01. The highest BCUT2D eigenvalue weighted by atomic mass is 79.9. The van der Waals surface area contributed by atoms with Crippen molar-refractivity contribution in [1.82, 2.24) is 0 Å². The number of alkyl halides is 2. The maximum absolute atomic E-state index is 12.3. The normalized spacial score (nSPS) is 54.9. The summed E-state index contributed by atoms with van der Waals surface area (Å²) in [6.07, 6.45) is 0.423. The van der Waals surface area contributed by atoms with E-state index < -0.39 is 0 Å². The van der Waals surface area contributed by atoms with E-state index in [9.17, 15) is 4.79 Å². The Kier molecular flexibility index (Phi) is 2.86. The summed E-state index contributed by atoms with van der Waals surface area (Å²) >= 11 is 7.94. The van der Waals surface area contributed by atoms with Gasteiger partial charge >= 0.3 is 5.97 Å². The lowest BCUT2D eigenvalue weighted by Crippen LogP contribution is -2.55. The Morgan fingerprint density at radius 1 is 0.917 bits per heavy atom. The molecule has 4 saturated carbocycles. The number of hydrogen-bond donors (Lipinski definition) is 0. The summed E-state index contributed by atoms with van der Waals surface area (Å²) < 4.78 is 11.6. The van der Waals surface area contributed by atoms with Crippen molar-refractivity contribution in [2.24, 2.45) is 41.4 Å². The monoisotopic (exact) mass is 452 g/mol. The molecule has 0 N–H and O–H groups in total. The summed E-state index contributed by atoms with van der Waals surface area (Å²) in [5.74, 6) is 3.07. The Hall–Kier alpha value is -0.390. The first kappa shape index (κ1) is 14.7. The second kappa shape index (κ2) is 4.66. The standard InChI is InChI=1S/C19H18Br2O3/c1-23-19(22)14-8-9(14)11-13-12(10(8)15(20)16(11)21)17-6-4-2-3-5-7(6)18(13)24-17/h2-5,8-18H,1H3. The van der Waals surface area contributed by atoms with Gasteiger partial charge in [-0.1, -0.05) is 56.1 Å². The van der Waals surface area contributed by atoms with Crippen LogP contribution >= 0.6 is 31.9 Å². The van der Waals surface area contributed by atoms with Crippen LogP contribution in [0.2, 0.25) is 0 Å². The van der Waals surface area contributed by atoms with Crippen LogP contribution in [-0.2, 0) is 14.3 Å². The van der Waals surface area contributed by atoms with Crippen molar-refractivity contribution >= 4 is 37.8 Å². The van der Waals surface area contributed by atoms with Crippen molar-refractivity contribution in [1.29, 1.82) is 0 Å². The molecular formula is C19H18Br2O3. The van der Waals surface area contributed by atoms with Gasteiger partial charge in [-0.05, 0) is 46.6 Å². The predicted molar refractivity (Wildman–Crippen MR) is 94.9 cm³/mol. The predicted octanol–water partition coefficient (Wildman–Crippen LogP) is 3.87. The fourth-order valence-electron chi connectivity index (χ4n) is 6.84. The topological polar surface area (TPSA) is 35.5 Å². The van der Waals surface area contributed by atoms with Crippen molar-refractivity contribution in [2.75, 3.05) is 7.11 Å². The minimum Gasteiger partial charge on any atom is -0.469 e. The third kappa shape index (κ3) is 1.49. The van der Waals surface area contributed by atoms with Gasteiger partial charge in [0.25, 0.3) is 0 Å². The van der Waals surface area contributed by atoms with Crippen molar-refractivity contribution in [3.8, 4) is 0 Å². The van der Waals surface area contributed by atoms with Gasteiger partial charge in [-0.15, -0.1) is 0 Å². The van der Waals surface area contributed by atoms with Crippen molar-refractivity contribution in [2.45, 2.75) is 21.9 Å². The molecule has 5 heteroatoms. The largest absolute Gasteiger partial charge is 0.469 e. The highest BCUT2D eigenvalue weighted by molar-refractivity contribution is 9.12. The van der Waals surface area contributed by atoms with Crippen LogP contribution in [0, 0.1) is 41.4 Å². The average Bonchev–Trinajstić information content (AvgIpc) is 3.06. The molecule has 126 valence electrons. The van der Waals surface area contributed by atoms with Gasteiger partial charge in [0.15, 0.2) is 0 Å². The lowest BCUT2D eigenvalue weighted by Gasteiger charge is -2.53. The van der Waals surface area contributed by atoms with E-state index in [2.05, 4.69) is 56.1 Å². The van der Waals surface area contributed by atoms with Gasteiger partial charge in [0, 0.05) is 9.65 Å². The molecule has 1 aromatic rings. The van der Waals surface area contributed by atoms with E-state index >= 15 is 0 Å². The molecule has 10 unspecified atom stereocenters. The average molecular weight is 454 g/mol. The SMILES string of the molecule is COC(=O)C1C2C3C(Br)C(Br)C(C4C5OC(c6ccccc65)C43)C12. The van der Waals surface area contributed by atoms with E-state index in [1.165, 1.54) is 18.2 Å². The van der Waals surface area contributed by atoms with Crippen LogP contribution in [0.1, 0.15) is 23.3 Å². The Labute approximate surface area is 157 Å². The molecule has 0 aromatic heterocycles. The Balaban J connectivity index is 1.48. The number of esters is 1. The molecule has 4 bridgehead atoms. The van der Waals surface area contributed by atoms with Crippen LogP contribution < -0.4 is 0 Å². The van der Waals surface area contributed by atoms with Crippen LogP contribution in [0.5, 0.6) is 0 Å². The van der Waals surface area contributed by atoms with E-state index in [1.54, 1.807) is 0 Å². The van der Waals surface area contributed by atoms with Crippen LogP contribution in [0.3, 0.4) is 0 Å². The lowest BCUT2D eigenvalue weighted by atomic mass is 9.54. The van der Waals surface area contributed by atoms with Crippen molar-refractivity contribution in [3.05, 3.63) is 35.4 Å². The van der Waals surface area contributed by atoms with E-state index in [1.807, 2.05) is 0 Å². The van der Waals surface area contributed by atoms with Crippen LogP contribution in [0.25, 0.3) is 0 Å². The molecule has 5 fully saturated rings. The first-order valence-corrected chi connectivity index (χ1v) is 10.6. The number of rotatable bonds is 1. The summed E-state index contributed by atoms with van der Waals surface area (Å²) in [5.41, 5.74) is 2.77. The smallest absolute Gasteiger partial charge is 0.309 e. The first-order chi connectivity index (χ1) is 11.6. The molecule has 10 atom stereocenters. The number of carbonyl (C=O) groups is 1. The summed E-state index contributed by atoms with van der Waals surface area (Å²) in [5, 5.41) is 0. The molecule has 24 heavy (non-hydrogen) atoms. The molecule has 6 aliphatic rings. The van der Waals surface area contributed by atoms with E-state index in [-0.39, 0.29) is 24.1 Å². The van der Waals surface area contributed by atoms with Gasteiger partial charge in [-0.3, -0.25) is 4.79 Å². The number of benzene rings is 1. The summed E-state index contributed by atoms with van der Waals surface area (Å²) in [7, 11) is 1.52. The zero-order valence-electron chi connectivity index (χ0n) is 13.1. The molecule has 0 spiro atoms. The number of hydrogen-bond acceptors (Lipinski definition) is 3. The van der Waals surface area contributed by atoms with Crippen molar-refractivity contribution in [3.63, 3.8) is 0 Å². The first-order valence-electron chi connectivity index (χ1n) is 8.75. The van der Waals surface area contributed by atoms with Crippen LogP contribution in [0.4, 0.5) is 0 Å². The number of methoxy groups -OCH3 is 1. The van der Waals surface area contributed by atoms with Gasteiger partial charge in [0.2, 0.25) is 0 Å². The lowest BCUT2D eigenvalue weighted by molar-refractivity contribution is -0.143. The Morgan fingerprint density at radius 3 is 1.88 bits per heavy atom. The maximum Gasteiger partial charge on any atom is 0.309 e. The quantitative estimate of drug-likeness (QED) is 0.478. The fourth-order valence-corrected chi connectivity index (χ4v) is 8.95. The van der Waals surface area contributed by atoms with Crippen LogP contribution in [0.15, 0.2) is 24.3 Å². The minimum absolute atomic E-state index is 0.00736. The molecule has 2 heterocycles. The fraction of sp³-hybridized carbons (Fsp3) is 0.632. The van der Waals surface area contributed by atoms with Gasteiger partial charge in [-0.2, -0.15) is 0 Å². The number of ether oxygens (including phenoxy) is 2. The summed E-state index contributed by atoms with van der Waals surface area (Å²) in [6.45, 7) is 0. The third-order valence-corrected chi connectivity index (χ3v) is 10.5. The summed E-state index contributed by atoms with van der Waals surface area (Å²) in [4.78, 5) is 13.1. The number of halogens is 2. The zero-order chi connectivity index (χ0) is 16.3. The summed E-state index contributed by atoms with van der Waals surface area (Å²) in [6, 6.07) is 8.70.